The number of benzene rings is 1. The molecule has 0 radical (unpaired) electrons. The van der Waals surface area contributed by atoms with Crippen LogP contribution in [0.25, 0.3) is 10.2 Å². The minimum atomic E-state index is 0.0488. The molecule has 0 fully saturated rings. The Morgan fingerprint density at radius 1 is 1.20 bits per heavy atom. The number of ether oxygens (including phenoxy) is 2. The van der Waals surface area contributed by atoms with Crippen molar-refractivity contribution in [2.75, 3.05) is 12.4 Å². The Labute approximate surface area is 128 Å². The van der Waals surface area contributed by atoms with E-state index in [2.05, 4.69) is 10.3 Å². The highest BCUT2D eigenvalue weighted by atomic mass is 35.5. The molecule has 0 amide bonds. The molecule has 0 saturated heterocycles. The van der Waals surface area contributed by atoms with Crippen LogP contribution >= 0.6 is 22.9 Å². The molecule has 6 heteroatoms. The van der Waals surface area contributed by atoms with Gasteiger partial charge in [0.2, 0.25) is 0 Å². The summed E-state index contributed by atoms with van der Waals surface area (Å²) in [6.45, 7) is 7.90. The fourth-order valence-corrected chi connectivity index (χ4v) is 3.01. The van der Waals surface area contributed by atoms with Gasteiger partial charge in [0.05, 0.1) is 17.2 Å². The van der Waals surface area contributed by atoms with Gasteiger partial charge in [0, 0.05) is 13.1 Å². The third-order valence-corrected chi connectivity index (χ3v) is 3.82. The van der Waals surface area contributed by atoms with E-state index in [0.717, 1.165) is 15.3 Å². The summed E-state index contributed by atoms with van der Waals surface area (Å²) in [7, 11) is 1.84. The fraction of sp³-hybridized carbons (Fsp3) is 0.500. The monoisotopic (exact) mass is 314 g/mol. The second kappa shape index (κ2) is 6.06. The Kier molecular flexibility index (Phi) is 4.60. The molecule has 110 valence electrons. The first-order valence-electron chi connectivity index (χ1n) is 6.56. The molecule has 0 saturated carbocycles. The van der Waals surface area contributed by atoms with Crippen molar-refractivity contribution in [3.8, 4) is 11.5 Å². The third kappa shape index (κ3) is 3.10. The molecule has 0 aliphatic rings. The smallest absolute Gasteiger partial charge is 0.183 e. The number of aromatic nitrogens is 1. The number of thiazole rings is 1. The predicted molar refractivity (Wildman–Crippen MR) is 85.7 cm³/mol. The highest BCUT2D eigenvalue weighted by Crippen LogP contribution is 2.44. The maximum absolute atomic E-state index is 6.34. The van der Waals surface area contributed by atoms with E-state index in [9.17, 15) is 0 Å². The standard InChI is InChI=1S/C14H19ClN2O2S/c1-7(2)18-10-6-9(15)12(19-8(3)4)13-11(10)17-14(16-5)20-13/h6-8H,1-5H3,(H,16,17). The Bertz CT molecular complexity index is 611. The molecule has 2 rings (SSSR count). The zero-order chi connectivity index (χ0) is 14.9. The van der Waals surface area contributed by atoms with Crippen molar-refractivity contribution in [1.82, 2.24) is 4.98 Å². The summed E-state index contributed by atoms with van der Waals surface area (Å²) in [5, 5.41) is 4.41. The van der Waals surface area contributed by atoms with Crippen molar-refractivity contribution < 1.29 is 9.47 Å². The number of hydrogen-bond donors (Lipinski definition) is 1. The van der Waals surface area contributed by atoms with Crippen molar-refractivity contribution in [2.24, 2.45) is 0 Å². The Morgan fingerprint density at radius 3 is 2.40 bits per heavy atom. The van der Waals surface area contributed by atoms with Gasteiger partial charge in [-0.05, 0) is 27.7 Å². The molecule has 0 aliphatic carbocycles. The first-order chi connectivity index (χ1) is 9.42. The number of fused-ring (bicyclic) bond motifs is 1. The molecule has 1 aromatic heterocycles. The minimum Gasteiger partial charge on any atom is -0.489 e. The average Bonchev–Trinajstić information content (AvgIpc) is 2.77. The van der Waals surface area contributed by atoms with E-state index in [-0.39, 0.29) is 12.2 Å². The SMILES string of the molecule is CNc1nc2c(OC(C)C)cc(Cl)c(OC(C)C)c2s1. The first-order valence-corrected chi connectivity index (χ1v) is 7.76. The maximum Gasteiger partial charge on any atom is 0.183 e. The van der Waals surface area contributed by atoms with E-state index in [4.69, 9.17) is 21.1 Å². The molecule has 20 heavy (non-hydrogen) atoms. The summed E-state index contributed by atoms with van der Waals surface area (Å²) >= 11 is 7.85. The van der Waals surface area contributed by atoms with Crippen LogP contribution in [0.4, 0.5) is 5.13 Å². The molecule has 0 spiro atoms. The number of nitrogens with one attached hydrogen (secondary N) is 1. The van der Waals surface area contributed by atoms with E-state index < -0.39 is 0 Å². The van der Waals surface area contributed by atoms with Gasteiger partial charge in [0.25, 0.3) is 0 Å². The average molecular weight is 315 g/mol. The molecule has 0 aliphatic heterocycles. The van der Waals surface area contributed by atoms with Crippen molar-refractivity contribution in [3.05, 3.63) is 11.1 Å². The normalized spacial score (nSPS) is 11.4. The highest BCUT2D eigenvalue weighted by molar-refractivity contribution is 7.22. The summed E-state index contributed by atoms with van der Waals surface area (Å²) in [6.07, 6.45) is 0.110. The van der Waals surface area contributed by atoms with Gasteiger partial charge in [-0.3, -0.25) is 0 Å². The number of rotatable bonds is 5. The highest BCUT2D eigenvalue weighted by Gasteiger charge is 2.19. The van der Waals surface area contributed by atoms with Gasteiger partial charge in [-0.25, -0.2) is 4.98 Å². The van der Waals surface area contributed by atoms with Crippen molar-refractivity contribution in [1.29, 1.82) is 0 Å². The van der Waals surface area contributed by atoms with E-state index in [1.165, 1.54) is 11.3 Å². The molecule has 1 N–H and O–H groups in total. The first kappa shape index (κ1) is 15.2. The summed E-state index contributed by atoms with van der Waals surface area (Å²) in [5.74, 6) is 1.36. The van der Waals surface area contributed by atoms with E-state index >= 15 is 0 Å². The molecule has 0 bridgehead atoms. The molecular formula is C14H19ClN2O2S. The summed E-state index contributed by atoms with van der Waals surface area (Å²) < 4.78 is 12.5. The van der Waals surface area contributed by atoms with E-state index in [1.54, 1.807) is 6.07 Å². The van der Waals surface area contributed by atoms with Crippen LogP contribution in [0.3, 0.4) is 0 Å². The second-order valence-electron chi connectivity index (χ2n) is 4.97. The molecule has 4 nitrogen and oxygen atoms in total. The Morgan fingerprint density at radius 2 is 1.85 bits per heavy atom. The lowest BCUT2D eigenvalue weighted by atomic mass is 10.2. The van der Waals surface area contributed by atoms with Crippen molar-refractivity contribution >= 4 is 38.3 Å². The van der Waals surface area contributed by atoms with Crippen molar-refractivity contribution in [2.45, 2.75) is 39.9 Å². The van der Waals surface area contributed by atoms with Gasteiger partial charge in [-0.15, -0.1) is 0 Å². The van der Waals surface area contributed by atoms with Gasteiger partial charge in [0.15, 0.2) is 10.9 Å². The fourth-order valence-electron chi connectivity index (χ4n) is 1.79. The zero-order valence-corrected chi connectivity index (χ0v) is 13.9. The van der Waals surface area contributed by atoms with Crippen LogP contribution in [0.2, 0.25) is 5.02 Å². The van der Waals surface area contributed by atoms with Crippen molar-refractivity contribution in [3.63, 3.8) is 0 Å². The predicted octanol–water partition coefficient (Wildman–Crippen LogP) is 4.57. The molecule has 0 atom stereocenters. The Hall–Kier alpha value is -1.20. The van der Waals surface area contributed by atoms with Crippen LogP contribution < -0.4 is 14.8 Å². The Balaban J connectivity index is 2.63. The lowest BCUT2D eigenvalue weighted by molar-refractivity contribution is 0.239. The lowest BCUT2D eigenvalue weighted by Crippen LogP contribution is -2.08. The molecule has 0 unspecified atom stereocenters. The summed E-state index contributed by atoms with van der Waals surface area (Å²) in [4.78, 5) is 4.54. The maximum atomic E-state index is 6.34. The minimum absolute atomic E-state index is 0.0488. The molecule has 2 aromatic rings. The molecule has 1 aromatic carbocycles. The molecular weight excluding hydrogens is 296 g/mol. The number of nitrogens with zero attached hydrogens (tertiary/aromatic N) is 1. The second-order valence-corrected chi connectivity index (χ2v) is 6.37. The largest absolute Gasteiger partial charge is 0.489 e. The van der Waals surface area contributed by atoms with Crippen LogP contribution in [-0.4, -0.2) is 24.2 Å². The summed E-state index contributed by atoms with van der Waals surface area (Å²) in [5.41, 5.74) is 0.785. The van der Waals surface area contributed by atoms with Gasteiger partial charge in [0.1, 0.15) is 16.0 Å². The van der Waals surface area contributed by atoms with Crippen LogP contribution in [-0.2, 0) is 0 Å². The van der Waals surface area contributed by atoms with Crippen LogP contribution in [0.5, 0.6) is 11.5 Å². The zero-order valence-electron chi connectivity index (χ0n) is 12.3. The topological polar surface area (TPSA) is 43.4 Å². The van der Waals surface area contributed by atoms with Gasteiger partial charge in [-0.1, -0.05) is 22.9 Å². The number of hydrogen-bond acceptors (Lipinski definition) is 5. The number of halogens is 1. The third-order valence-electron chi connectivity index (χ3n) is 2.47. The number of anilines is 1. The van der Waals surface area contributed by atoms with Gasteiger partial charge < -0.3 is 14.8 Å². The molecule has 1 heterocycles. The van der Waals surface area contributed by atoms with Crippen LogP contribution in [0.15, 0.2) is 6.07 Å². The van der Waals surface area contributed by atoms with Gasteiger partial charge in [-0.2, -0.15) is 0 Å². The van der Waals surface area contributed by atoms with Crippen LogP contribution in [0, 0.1) is 0 Å². The quantitative estimate of drug-likeness (QED) is 0.878. The van der Waals surface area contributed by atoms with Crippen LogP contribution in [0.1, 0.15) is 27.7 Å². The van der Waals surface area contributed by atoms with E-state index in [1.807, 2.05) is 34.7 Å². The lowest BCUT2D eigenvalue weighted by Gasteiger charge is -2.15. The van der Waals surface area contributed by atoms with Gasteiger partial charge >= 0.3 is 0 Å². The summed E-state index contributed by atoms with van der Waals surface area (Å²) in [6, 6.07) is 1.78. The van der Waals surface area contributed by atoms with E-state index in [0.29, 0.717) is 16.5 Å².